The molecular weight excluding hydrogens is 283 g/mol. The van der Waals surface area contributed by atoms with Gasteiger partial charge in [-0.15, -0.1) is 0 Å². The molecule has 0 aliphatic heterocycles. The maximum absolute atomic E-state index is 11.2. The number of halogens is 1. The van der Waals surface area contributed by atoms with Crippen LogP contribution in [0.1, 0.15) is 13.3 Å². The van der Waals surface area contributed by atoms with E-state index in [9.17, 15) is 9.90 Å². The quantitative estimate of drug-likeness (QED) is 0.477. The minimum atomic E-state index is -0.950. The fourth-order valence-electron chi connectivity index (χ4n) is 1.06. The number of hydrogen-bond donors (Lipinski definition) is 1. The second kappa shape index (κ2) is 4.23. The maximum Gasteiger partial charge on any atom is 0.334 e. The summed E-state index contributed by atoms with van der Waals surface area (Å²) in [6.07, 6.45) is 5.30. The van der Waals surface area contributed by atoms with Gasteiger partial charge in [0.1, 0.15) is 3.61 Å². The van der Waals surface area contributed by atoms with Crippen molar-refractivity contribution in [3.05, 3.63) is 23.8 Å². The van der Waals surface area contributed by atoms with Crippen molar-refractivity contribution in [1.29, 1.82) is 0 Å². The highest BCUT2D eigenvalue weighted by Gasteiger charge is 2.26. The topological polar surface area (TPSA) is 46.5 Å². The normalized spacial score (nSPS) is 26.8. The van der Waals surface area contributed by atoms with Crippen LogP contribution < -0.4 is 0 Å². The number of aliphatic hydroxyl groups is 1. The average Bonchev–Trinajstić information content (AvgIpc) is 2.03. The minimum absolute atomic E-state index is 0.308. The molecule has 0 saturated carbocycles. The summed E-state index contributed by atoms with van der Waals surface area (Å²) in [4.78, 5) is 11.2. The molecule has 0 aromatic rings. The molecular formula is C9H11IO3. The van der Waals surface area contributed by atoms with E-state index in [0.717, 1.165) is 0 Å². The third-order valence-electron chi connectivity index (χ3n) is 1.63. The Morgan fingerprint density at radius 2 is 2.54 bits per heavy atom. The zero-order valence-electron chi connectivity index (χ0n) is 7.29. The first-order valence-corrected chi connectivity index (χ1v) is 5.10. The minimum Gasteiger partial charge on any atom is -0.463 e. The number of rotatable bonds is 2. The standard InChI is InChI=1S/C9H11IO3/c1-2-13-8(11)7-4-3-5-9(10,12)6-7/h3-5,12H,2,6H2,1H3. The van der Waals surface area contributed by atoms with Crippen molar-refractivity contribution < 1.29 is 14.6 Å². The van der Waals surface area contributed by atoms with Gasteiger partial charge >= 0.3 is 5.97 Å². The molecule has 0 amide bonds. The van der Waals surface area contributed by atoms with Crippen LogP contribution in [0.2, 0.25) is 0 Å². The van der Waals surface area contributed by atoms with Gasteiger partial charge in [-0.2, -0.15) is 0 Å². The summed E-state index contributed by atoms with van der Waals surface area (Å²) in [6.45, 7) is 2.12. The molecule has 0 aromatic heterocycles. The van der Waals surface area contributed by atoms with Gasteiger partial charge in [0.2, 0.25) is 0 Å². The molecule has 0 saturated heterocycles. The summed E-state index contributed by atoms with van der Waals surface area (Å²) in [5.41, 5.74) is 0.515. The fourth-order valence-corrected chi connectivity index (χ4v) is 1.68. The molecule has 0 aromatic carbocycles. The van der Waals surface area contributed by atoms with Crippen molar-refractivity contribution in [2.24, 2.45) is 0 Å². The van der Waals surface area contributed by atoms with Gasteiger partial charge in [0.05, 0.1) is 6.61 Å². The van der Waals surface area contributed by atoms with Crippen LogP contribution in [0.4, 0.5) is 0 Å². The second-order valence-electron chi connectivity index (χ2n) is 2.77. The van der Waals surface area contributed by atoms with Gasteiger partial charge in [0, 0.05) is 12.0 Å². The van der Waals surface area contributed by atoms with Crippen molar-refractivity contribution in [1.82, 2.24) is 0 Å². The van der Waals surface area contributed by atoms with Crippen LogP contribution in [0.15, 0.2) is 23.8 Å². The van der Waals surface area contributed by atoms with Crippen LogP contribution in [0.5, 0.6) is 0 Å². The van der Waals surface area contributed by atoms with Gasteiger partial charge in [0.25, 0.3) is 0 Å². The van der Waals surface area contributed by atoms with Crippen molar-refractivity contribution in [3.8, 4) is 0 Å². The number of ether oxygens (including phenoxy) is 1. The molecule has 0 spiro atoms. The van der Waals surface area contributed by atoms with Crippen molar-refractivity contribution >= 4 is 28.6 Å². The number of allylic oxidation sites excluding steroid dienone is 2. The van der Waals surface area contributed by atoms with Gasteiger partial charge < -0.3 is 9.84 Å². The molecule has 0 radical (unpaired) electrons. The fraction of sp³-hybridized carbons (Fsp3) is 0.444. The summed E-state index contributed by atoms with van der Waals surface area (Å²) in [7, 11) is 0. The molecule has 1 unspecified atom stereocenters. The summed E-state index contributed by atoms with van der Waals surface area (Å²) in [6, 6.07) is 0. The Morgan fingerprint density at radius 1 is 1.85 bits per heavy atom. The Kier molecular flexibility index (Phi) is 3.49. The van der Waals surface area contributed by atoms with E-state index in [-0.39, 0.29) is 5.97 Å². The first kappa shape index (κ1) is 10.7. The molecule has 13 heavy (non-hydrogen) atoms. The first-order valence-electron chi connectivity index (χ1n) is 4.02. The lowest BCUT2D eigenvalue weighted by Crippen LogP contribution is -2.23. The van der Waals surface area contributed by atoms with Gasteiger partial charge in [-0.1, -0.05) is 12.2 Å². The van der Waals surface area contributed by atoms with E-state index in [1.54, 1.807) is 25.2 Å². The molecule has 1 rings (SSSR count). The van der Waals surface area contributed by atoms with E-state index in [0.29, 0.717) is 18.6 Å². The highest BCUT2D eigenvalue weighted by Crippen LogP contribution is 2.29. The van der Waals surface area contributed by atoms with Crippen LogP contribution >= 0.6 is 22.6 Å². The molecule has 4 heteroatoms. The molecule has 72 valence electrons. The van der Waals surface area contributed by atoms with Crippen LogP contribution in [0.3, 0.4) is 0 Å². The number of esters is 1. The lowest BCUT2D eigenvalue weighted by atomic mass is 10.0. The Bertz CT molecular complexity index is 266. The molecule has 3 nitrogen and oxygen atoms in total. The summed E-state index contributed by atoms with van der Waals surface area (Å²) in [5, 5.41) is 9.61. The zero-order valence-corrected chi connectivity index (χ0v) is 9.45. The number of alkyl halides is 1. The summed E-state index contributed by atoms with van der Waals surface area (Å²) >= 11 is 1.89. The number of hydrogen-bond acceptors (Lipinski definition) is 3. The van der Waals surface area contributed by atoms with E-state index in [2.05, 4.69) is 0 Å². The number of carbonyl (C=O) groups is 1. The SMILES string of the molecule is CCOC(=O)C1=CC=CC(O)(I)C1. The van der Waals surface area contributed by atoms with E-state index in [1.165, 1.54) is 0 Å². The monoisotopic (exact) mass is 294 g/mol. The Labute approximate surface area is 90.6 Å². The summed E-state index contributed by atoms with van der Waals surface area (Å²) < 4.78 is 3.87. The average molecular weight is 294 g/mol. The van der Waals surface area contributed by atoms with Gasteiger partial charge in [-0.05, 0) is 35.6 Å². The van der Waals surface area contributed by atoms with Crippen LogP contribution in [0, 0.1) is 0 Å². The second-order valence-corrected chi connectivity index (χ2v) is 4.63. The van der Waals surface area contributed by atoms with Gasteiger partial charge in [-0.25, -0.2) is 4.79 Å². The highest BCUT2D eigenvalue weighted by atomic mass is 127. The van der Waals surface area contributed by atoms with Gasteiger partial charge in [0.15, 0.2) is 0 Å². The molecule has 1 N–H and O–H groups in total. The van der Waals surface area contributed by atoms with E-state index < -0.39 is 3.61 Å². The van der Waals surface area contributed by atoms with Crippen LogP contribution in [0.25, 0.3) is 0 Å². The Hall–Kier alpha value is -0.360. The first-order chi connectivity index (χ1) is 6.05. The lowest BCUT2D eigenvalue weighted by molar-refractivity contribution is -0.138. The largest absolute Gasteiger partial charge is 0.463 e. The lowest BCUT2D eigenvalue weighted by Gasteiger charge is -2.20. The molecule has 0 fully saturated rings. The third kappa shape index (κ3) is 3.11. The highest BCUT2D eigenvalue weighted by molar-refractivity contribution is 14.1. The molecule has 1 atom stereocenters. The van der Waals surface area contributed by atoms with Crippen LogP contribution in [-0.2, 0) is 9.53 Å². The smallest absolute Gasteiger partial charge is 0.334 e. The van der Waals surface area contributed by atoms with E-state index >= 15 is 0 Å². The van der Waals surface area contributed by atoms with Crippen molar-refractivity contribution in [2.75, 3.05) is 6.61 Å². The Balaban J connectivity index is 2.67. The van der Waals surface area contributed by atoms with Crippen molar-refractivity contribution in [3.63, 3.8) is 0 Å². The van der Waals surface area contributed by atoms with E-state index in [4.69, 9.17) is 4.74 Å². The zero-order chi connectivity index (χ0) is 9.90. The van der Waals surface area contributed by atoms with Gasteiger partial charge in [-0.3, -0.25) is 0 Å². The molecule has 1 aliphatic rings. The van der Waals surface area contributed by atoms with E-state index in [1.807, 2.05) is 22.6 Å². The molecule has 0 heterocycles. The summed E-state index contributed by atoms with van der Waals surface area (Å²) in [5.74, 6) is -0.345. The van der Waals surface area contributed by atoms with Crippen molar-refractivity contribution in [2.45, 2.75) is 17.0 Å². The predicted octanol–water partition coefficient (Wildman–Crippen LogP) is 1.56. The van der Waals surface area contributed by atoms with Crippen LogP contribution in [-0.4, -0.2) is 21.3 Å². The molecule has 0 bridgehead atoms. The third-order valence-corrected chi connectivity index (χ3v) is 2.37. The maximum atomic E-state index is 11.2. The number of carbonyl (C=O) groups excluding carboxylic acids is 1. The predicted molar refractivity (Wildman–Crippen MR) is 57.4 cm³/mol. The molecule has 1 aliphatic carbocycles. The Morgan fingerprint density at radius 3 is 3.08 bits per heavy atom.